The number of aliphatic hydroxyl groups is 1. The average molecular weight is 332 g/mol. The Morgan fingerprint density at radius 2 is 2.22 bits per heavy atom. The van der Waals surface area contributed by atoms with Gasteiger partial charge in [0.05, 0.1) is 22.3 Å². The number of ether oxygens (including phenoxy) is 1. The summed E-state index contributed by atoms with van der Waals surface area (Å²) >= 11 is 9.25. The van der Waals surface area contributed by atoms with Crippen molar-refractivity contribution in [1.29, 1.82) is 0 Å². The summed E-state index contributed by atoms with van der Waals surface area (Å²) in [7, 11) is 1.77. The van der Waals surface area contributed by atoms with Crippen LogP contribution in [-0.4, -0.2) is 14.9 Å². The van der Waals surface area contributed by atoms with Gasteiger partial charge in [0.25, 0.3) is 0 Å². The lowest BCUT2D eigenvalue weighted by atomic mass is 10.2. The second-order valence-electron chi connectivity index (χ2n) is 3.83. The first-order chi connectivity index (χ1) is 8.52. The molecule has 4 nitrogen and oxygen atoms in total. The fourth-order valence-corrected chi connectivity index (χ4v) is 2.42. The zero-order valence-electron chi connectivity index (χ0n) is 9.94. The molecule has 6 heteroatoms. The maximum atomic E-state index is 9.34. The van der Waals surface area contributed by atoms with Crippen LogP contribution < -0.4 is 4.74 Å². The van der Waals surface area contributed by atoms with E-state index in [9.17, 15) is 5.11 Å². The predicted octanol–water partition coefficient (Wildman–Crippen LogP) is 3.43. The number of benzene rings is 1. The molecule has 0 atom stereocenters. The Bertz CT molecular complexity index is 584. The molecule has 0 aliphatic rings. The van der Waals surface area contributed by atoms with Crippen LogP contribution in [0.25, 0.3) is 0 Å². The van der Waals surface area contributed by atoms with Crippen molar-refractivity contribution in [1.82, 2.24) is 9.78 Å². The summed E-state index contributed by atoms with van der Waals surface area (Å²) in [4.78, 5) is 0. The molecule has 0 saturated carbocycles. The average Bonchev–Trinajstić information content (AvgIpc) is 2.57. The Hall–Kier alpha value is -1.04. The smallest absolute Gasteiger partial charge is 0.223 e. The van der Waals surface area contributed by atoms with E-state index in [1.165, 1.54) is 0 Å². The fraction of sp³-hybridized carbons (Fsp3) is 0.250. The van der Waals surface area contributed by atoms with E-state index < -0.39 is 0 Å². The van der Waals surface area contributed by atoms with Crippen molar-refractivity contribution in [3.63, 3.8) is 0 Å². The van der Waals surface area contributed by atoms with E-state index in [-0.39, 0.29) is 6.61 Å². The highest BCUT2D eigenvalue weighted by atomic mass is 79.9. The van der Waals surface area contributed by atoms with Crippen molar-refractivity contribution >= 4 is 27.5 Å². The second kappa shape index (κ2) is 5.30. The van der Waals surface area contributed by atoms with Gasteiger partial charge in [-0.2, -0.15) is 5.10 Å². The molecule has 0 fully saturated rings. The van der Waals surface area contributed by atoms with E-state index in [4.69, 9.17) is 16.3 Å². The second-order valence-corrected chi connectivity index (χ2v) is 5.12. The number of aromatic nitrogens is 2. The Labute approximate surface area is 118 Å². The van der Waals surface area contributed by atoms with Crippen molar-refractivity contribution in [3.05, 3.63) is 39.0 Å². The Morgan fingerprint density at radius 3 is 2.83 bits per heavy atom. The molecular weight excluding hydrogens is 320 g/mol. The number of nitrogens with zero attached hydrogens (tertiary/aromatic N) is 2. The molecular formula is C12H12BrClN2O2. The lowest BCUT2D eigenvalue weighted by molar-refractivity contribution is 0.274. The molecule has 1 aromatic heterocycles. The Morgan fingerprint density at radius 1 is 1.50 bits per heavy atom. The third-order valence-electron chi connectivity index (χ3n) is 2.55. The van der Waals surface area contributed by atoms with Crippen molar-refractivity contribution in [2.24, 2.45) is 7.05 Å². The van der Waals surface area contributed by atoms with Gasteiger partial charge in [0.2, 0.25) is 5.88 Å². The van der Waals surface area contributed by atoms with Crippen LogP contribution in [0.4, 0.5) is 0 Å². The van der Waals surface area contributed by atoms with Crippen LogP contribution in [0, 0.1) is 6.92 Å². The predicted molar refractivity (Wildman–Crippen MR) is 73.1 cm³/mol. The number of hydrogen-bond donors (Lipinski definition) is 1. The summed E-state index contributed by atoms with van der Waals surface area (Å²) in [5.74, 6) is 1.15. The Kier molecular flexibility index (Phi) is 3.94. The molecule has 0 radical (unpaired) electrons. The topological polar surface area (TPSA) is 47.3 Å². The van der Waals surface area contributed by atoms with Gasteiger partial charge >= 0.3 is 0 Å². The summed E-state index contributed by atoms with van der Waals surface area (Å²) < 4.78 is 8.12. The van der Waals surface area contributed by atoms with Crippen molar-refractivity contribution < 1.29 is 9.84 Å². The lowest BCUT2D eigenvalue weighted by Crippen LogP contribution is -1.97. The van der Waals surface area contributed by atoms with E-state index in [2.05, 4.69) is 21.0 Å². The largest absolute Gasteiger partial charge is 0.438 e. The van der Waals surface area contributed by atoms with Gasteiger partial charge in [-0.1, -0.05) is 11.6 Å². The van der Waals surface area contributed by atoms with Crippen LogP contribution in [0.3, 0.4) is 0 Å². The van der Waals surface area contributed by atoms with Crippen LogP contribution in [0.2, 0.25) is 5.02 Å². The number of aryl methyl sites for hydroxylation is 2. The molecule has 1 aromatic carbocycles. The van der Waals surface area contributed by atoms with Gasteiger partial charge in [0.15, 0.2) is 0 Å². The number of rotatable bonds is 3. The van der Waals surface area contributed by atoms with E-state index in [0.29, 0.717) is 22.2 Å². The molecule has 2 aromatic rings. The van der Waals surface area contributed by atoms with Gasteiger partial charge in [0, 0.05) is 12.1 Å². The quantitative estimate of drug-likeness (QED) is 0.937. The summed E-state index contributed by atoms with van der Waals surface area (Å²) in [5, 5.41) is 14.2. The number of hydrogen-bond acceptors (Lipinski definition) is 3. The molecule has 0 aliphatic carbocycles. The molecule has 1 N–H and O–H groups in total. The third kappa shape index (κ3) is 2.53. The van der Waals surface area contributed by atoms with Gasteiger partial charge in [-0.15, -0.1) is 0 Å². The minimum atomic E-state index is -0.111. The first kappa shape index (κ1) is 13.4. The van der Waals surface area contributed by atoms with Gasteiger partial charge in [-0.3, -0.25) is 0 Å². The molecule has 0 amide bonds. The standard InChI is InChI=1S/C12H12BrClN2O2/c1-7-9(6-17)12(16(2)15-7)18-11-4-3-8(14)5-10(11)13/h3-5,17H,6H2,1-2H3. The number of halogens is 2. The van der Waals surface area contributed by atoms with Crippen LogP contribution in [0.1, 0.15) is 11.3 Å². The first-order valence-corrected chi connectivity index (χ1v) is 6.46. The molecule has 0 aliphatic heterocycles. The maximum Gasteiger partial charge on any atom is 0.223 e. The Balaban J connectivity index is 2.39. The fourth-order valence-electron chi connectivity index (χ4n) is 1.65. The highest BCUT2D eigenvalue weighted by molar-refractivity contribution is 9.10. The van der Waals surface area contributed by atoms with Gasteiger partial charge in [-0.05, 0) is 41.1 Å². The minimum Gasteiger partial charge on any atom is -0.438 e. The minimum absolute atomic E-state index is 0.111. The lowest BCUT2D eigenvalue weighted by Gasteiger charge is -2.09. The van der Waals surface area contributed by atoms with Crippen LogP contribution >= 0.6 is 27.5 Å². The first-order valence-electron chi connectivity index (χ1n) is 5.29. The van der Waals surface area contributed by atoms with Gasteiger partial charge in [0.1, 0.15) is 5.75 Å². The molecule has 0 unspecified atom stereocenters. The van der Waals surface area contributed by atoms with E-state index in [1.54, 1.807) is 29.9 Å². The monoisotopic (exact) mass is 330 g/mol. The summed E-state index contributed by atoms with van der Waals surface area (Å²) in [6.07, 6.45) is 0. The summed E-state index contributed by atoms with van der Waals surface area (Å²) in [6, 6.07) is 5.25. The number of aliphatic hydroxyl groups excluding tert-OH is 1. The highest BCUT2D eigenvalue weighted by Crippen LogP contribution is 2.33. The molecule has 96 valence electrons. The maximum absolute atomic E-state index is 9.34. The van der Waals surface area contributed by atoms with Gasteiger partial charge in [-0.25, -0.2) is 4.68 Å². The zero-order chi connectivity index (χ0) is 13.3. The normalized spacial score (nSPS) is 10.7. The van der Waals surface area contributed by atoms with Crippen molar-refractivity contribution in [3.8, 4) is 11.6 Å². The third-order valence-corrected chi connectivity index (χ3v) is 3.40. The van der Waals surface area contributed by atoms with Crippen molar-refractivity contribution in [2.45, 2.75) is 13.5 Å². The molecule has 0 bridgehead atoms. The molecule has 2 rings (SSSR count). The zero-order valence-corrected chi connectivity index (χ0v) is 12.3. The van der Waals surface area contributed by atoms with E-state index in [0.717, 1.165) is 10.2 Å². The van der Waals surface area contributed by atoms with Gasteiger partial charge < -0.3 is 9.84 Å². The molecule has 0 saturated heterocycles. The van der Waals surface area contributed by atoms with Crippen LogP contribution in [0.5, 0.6) is 11.6 Å². The summed E-state index contributed by atoms with van der Waals surface area (Å²) in [6.45, 7) is 1.72. The van der Waals surface area contributed by atoms with Crippen LogP contribution in [-0.2, 0) is 13.7 Å². The summed E-state index contributed by atoms with van der Waals surface area (Å²) in [5.41, 5.74) is 1.43. The molecule has 0 spiro atoms. The van der Waals surface area contributed by atoms with E-state index >= 15 is 0 Å². The SMILES string of the molecule is Cc1nn(C)c(Oc2ccc(Cl)cc2Br)c1CO. The molecule has 1 heterocycles. The van der Waals surface area contributed by atoms with Crippen molar-refractivity contribution in [2.75, 3.05) is 0 Å². The van der Waals surface area contributed by atoms with E-state index in [1.807, 2.05) is 6.92 Å². The highest BCUT2D eigenvalue weighted by Gasteiger charge is 2.15. The molecule has 18 heavy (non-hydrogen) atoms. The van der Waals surface area contributed by atoms with Crippen LogP contribution in [0.15, 0.2) is 22.7 Å².